The maximum absolute atomic E-state index is 12.5. The van der Waals surface area contributed by atoms with Crippen molar-refractivity contribution in [3.8, 4) is 0 Å². The Labute approximate surface area is 135 Å². The molecule has 0 fully saturated rings. The van der Waals surface area contributed by atoms with Crippen LogP contribution in [-0.2, 0) is 9.84 Å². The number of halogens is 1. The Morgan fingerprint density at radius 2 is 1.84 bits per heavy atom. The summed E-state index contributed by atoms with van der Waals surface area (Å²) >= 11 is 5.90. The van der Waals surface area contributed by atoms with Crippen molar-refractivity contribution in [2.45, 2.75) is 30.4 Å². The third kappa shape index (κ3) is 3.06. The molecule has 3 nitrogen and oxygen atoms in total. The van der Waals surface area contributed by atoms with E-state index in [1.54, 1.807) is 45.0 Å². The van der Waals surface area contributed by atoms with Crippen molar-refractivity contribution < 1.29 is 8.42 Å². The van der Waals surface area contributed by atoms with Gasteiger partial charge in [-0.25, -0.2) is 8.42 Å². The zero-order valence-corrected chi connectivity index (χ0v) is 16.8. The van der Waals surface area contributed by atoms with Gasteiger partial charge in [0.2, 0.25) is 0 Å². The first-order chi connectivity index (χ1) is 8.23. The summed E-state index contributed by atoms with van der Waals surface area (Å²) in [7, 11) is -3.42. The van der Waals surface area contributed by atoms with Crippen LogP contribution in [0.4, 0.5) is 0 Å². The average molecular weight is 405 g/mol. The second kappa shape index (κ2) is 5.58. The zero-order valence-electron chi connectivity index (χ0n) is 11.1. The Hall–Kier alpha value is -0.331. The molecule has 0 saturated heterocycles. The molecule has 0 amide bonds. The van der Waals surface area contributed by atoms with E-state index in [-0.39, 0.29) is 28.8 Å². The number of fused-ring (bicyclic) bond motifs is 1. The number of rotatable bonds is 1. The Morgan fingerprint density at radius 1 is 1.21 bits per heavy atom. The molecule has 0 N–H and O–H groups in total. The van der Waals surface area contributed by atoms with Crippen LogP contribution in [0.1, 0.15) is 20.8 Å². The quantitative estimate of drug-likeness (QED) is 0.687. The molecule has 2 aromatic rings. The number of pyridine rings is 1. The van der Waals surface area contributed by atoms with Crippen molar-refractivity contribution in [3.05, 3.63) is 35.5 Å². The van der Waals surface area contributed by atoms with Crippen molar-refractivity contribution in [1.29, 1.82) is 0 Å². The van der Waals surface area contributed by atoms with Crippen molar-refractivity contribution in [2.24, 2.45) is 0 Å². The van der Waals surface area contributed by atoms with Gasteiger partial charge in [0.15, 0.2) is 9.84 Å². The minimum absolute atomic E-state index is 0. The van der Waals surface area contributed by atoms with Gasteiger partial charge in [-0.3, -0.25) is 4.98 Å². The summed E-state index contributed by atoms with van der Waals surface area (Å²) in [4.78, 5) is 4.42. The summed E-state index contributed by atoms with van der Waals surface area (Å²) in [6.07, 6.45) is 1.51. The molecule has 2 rings (SSSR count). The molecule has 19 heavy (non-hydrogen) atoms. The molecule has 0 unspecified atom stereocenters. The number of nitrogens with zero attached hydrogens (tertiary/aromatic N) is 1. The molecule has 2 radical (unpaired) electrons. The van der Waals surface area contributed by atoms with Crippen LogP contribution in [-0.4, -0.2) is 42.1 Å². The second-order valence-electron chi connectivity index (χ2n) is 5.09. The number of aromatic nitrogens is 1. The molecule has 1 heterocycles. The molecular weight excluding hydrogens is 388 g/mol. The van der Waals surface area contributed by atoms with Gasteiger partial charge >= 0.3 is 23.9 Å². The van der Waals surface area contributed by atoms with Crippen LogP contribution in [0.25, 0.3) is 10.9 Å². The van der Waals surface area contributed by atoms with E-state index in [4.69, 9.17) is 11.6 Å². The first-order valence-electron chi connectivity index (χ1n) is 5.52. The van der Waals surface area contributed by atoms with Gasteiger partial charge in [-0.2, -0.15) is 0 Å². The Bertz CT molecular complexity index is 708. The van der Waals surface area contributed by atoms with Crippen molar-refractivity contribution in [2.75, 3.05) is 0 Å². The second-order valence-corrected chi connectivity index (χ2v) is 8.20. The Balaban J connectivity index is 0.00000180. The number of sulfone groups is 1. The van der Waals surface area contributed by atoms with Crippen LogP contribution in [0, 0.1) is 0 Å². The van der Waals surface area contributed by atoms with Gasteiger partial charge in [0, 0.05) is 11.6 Å². The zero-order chi connectivity index (χ0) is 13.6. The minimum atomic E-state index is -3.42. The fourth-order valence-corrected chi connectivity index (χ4v) is 3.19. The summed E-state index contributed by atoms with van der Waals surface area (Å²) in [5.41, 5.74) is 0.629. The number of benzene rings is 1. The fourth-order valence-electron chi connectivity index (χ4n) is 1.66. The van der Waals surface area contributed by atoms with E-state index >= 15 is 0 Å². The molecule has 0 aliphatic rings. The predicted molar refractivity (Wildman–Crippen MR) is 82.2 cm³/mol. The van der Waals surface area contributed by atoms with Gasteiger partial charge in [0.05, 0.1) is 20.2 Å². The van der Waals surface area contributed by atoms with E-state index in [2.05, 4.69) is 4.98 Å². The summed E-state index contributed by atoms with van der Waals surface area (Å²) in [6, 6.07) is 6.71. The van der Waals surface area contributed by atoms with Gasteiger partial charge < -0.3 is 0 Å². The maximum atomic E-state index is 12.5. The van der Waals surface area contributed by atoms with E-state index in [1.165, 1.54) is 6.20 Å². The van der Waals surface area contributed by atoms with Gasteiger partial charge in [0.25, 0.3) is 0 Å². The monoisotopic (exact) mass is 405 g/mol. The third-order valence-electron chi connectivity index (χ3n) is 2.75. The first kappa shape index (κ1) is 16.7. The number of hydrogen-bond donors (Lipinski definition) is 0. The van der Waals surface area contributed by atoms with E-state index in [9.17, 15) is 8.42 Å². The van der Waals surface area contributed by atoms with Crippen LogP contribution in [0.15, 0.2) is 35.4 Å². The molecule has 102 valence electrons. The van der Waals surface area contributed by atoms with E-state index in [1.807, 2.05) is 0 Å². The van der Waals surface area contributed by atoms with Crippen LogP contribution in [0.5, 0.6) is 0 Å². The molecular formula is C13H16ClNO2SSn. The molecule has 0 saturated carbocycles. The topological polar surface area (TPSA) is 47.0 Å². The van der Waals surface area contributed by atoms with Crippen LogP contribution < -0.4 is 0 Å². The van der Waals surface area contributed by atoms with Crippen molar-refractivity contribution in [3.63, 3.8) is 0 Å². The van der Waals surface area contributed by atoms with Gasteiger partial charge in [0.1, 0.15) is 0 Å². The van der Waals surface area contributed by atoms with E-state index in [0.29, 0.717) is 15.9 Å². The van der Waals surface area contributed by atoms with Gasteiger partial charge in [-0.15, -0.1) is 0 Å². The predicted octanol–water partition coefficient (Wildman–Crippen LogP) is 2.54. The average Bonchev–Trinajstić information content (AvgIpc) is 2.26. The van der Waals surface area contributed by atoms with Crippen molar-refractivity contribution >= 4 is 56.2 Å². The van der Waals surface area contributed by atoms with Crippen LogP contribution >= 0.6 is 11.6 Å². The SMILES string of the molecule is CC(C)(C)S(=O)(=O)c1cccc2ncc(Cl)cc12.[SnH2]. The molecule has 0 atom stereocenters. The molecule has 6 heteroatoms. The van der Waals surface area contributed by atoms with Gasteiger partial charge in [-0.1, -0.05) is 17.7 Å². The van der Waals surface area contributed by atoms with Crippen LogP contribution in [0.3, 0.4) is 0 Å². The summed E-state index contributed by atoms with van der Waals surface area (Å²) in [5, 5.41) is 0.999. The normalized spacial score (nSPS) is 12.2. The molecule has 0 aliphatic heterocycles. The summed E-state index contributed by atoms with van der Waals surface area (Å²) in [5.74, 6) is 0. The Kier molecular flexibility index (Phi) is 4.91. The molecule has 0 aliphatic carbocycles. The molecule has 0 bridgehead atoms. The van der Waals surface area contributed by atoms with Crippen LogP contribution in [0.2, 0.25) is 5.02 Å². The molecule has 1 aromatic heterocycles. The fraction of sp³-hybridized carbons (Fsp3) is 0.308. The van der Waals surface area contributed by atoms with Gasteiger partial charge in [-0.05, 0) is 39.0 Å². The van der Waals surface area contributed by atoms with E-state index in [0.717, 1.165) is 0 Å². The Morgan fingerprint density at radius 3 is 2.42 bits per heavy atom. The third-order valence-corrected chi connectivity index (χ3v) is 5.50. The summed E-state index contributed by atoms with van der Waals surface area (Å²) < 4.78 is 24.2. The number of hydrogen-bond acceptors (Lipinski definition) is 3. The standard InChI is InChI=1S/C13H14ClNO2S.Sn.2H/c1-13(2,3)18(16,17)12-6-4-5-11-10(12)7-9(14)8-15-11;;;/h4-8H,1-3H3;;;. The first-order valence-corrected chi connectivity index (χ1v) is 7.38. The molecule has 1 aromatic carbocycles. The molecule has 0 spiro atoms. The van der Waals surface area contributed by atoms with E-state index < -0.39 is 14.6 Å². The van der Waals surface area contributed by atoms with Crippen molar-refractivity contribution in [1.82, 2.24) is 4.98 Å². The summed E-state index contributed by atoms with van der Waals surface area (Å²) in [6.45, 7) is 5.04.